The van der Waals surface area contributed by atoms with Gasteiger partial charge in [0.2, 0.25) is 5.88 Å². The molecular weight excluding hydrogens is 427 g/mol. The molecule has 0 saturated heterocycles. The molecule has 0 atom stereocenters. The topological polar surface area (TPSA) is 106 Å². The van der Waals surface area contributed by atoms with Crippen LogP contribution in [0.5, 0.6) is 5.88 Å². The number of fused-ring (bicyclic) bond motifs is 1. The number of hydrogen-bond acceptors (Lipinski definition) is 5. The average molecular weight is 446 g/mol. The van der Waals surface area contributed by atoms with Crippen LogP contribution in [-0.4, -0.2) is 33.7 Å². The third-order valence-corrected chi connectivity index (χ3v) is 4.71. The van der Waals surface area contributed by atoms with Gasteiger partial charge < -0.3 is 15.6 Å². The number of alkyl halides is 3. The average Bonchev–Trinajstić information content (AvgIpc) is 2.68. The van der Waals surface area contributed by atoms with E-state index < -0.39 is 17.7 Å². The summed E-state index contributed by atoms with van der Waals surface area (Å²) in [6, 6.07) is 10.5. The SMILES string of the molecule is CCC1(CC)Oc2nc(N)ccc2N(c2ccc(Cl)cc2)C1=O.O=C(O)C(F)(F)F. The van der Waals surface area contributed by atoms with Crippen molar-refractivity contribution in [2.24, 2.45) is 0 Å². The fourth-order valence-corrected chi connectivity index (χ4v) is 2.90. The Morgan fingerprint density at radius 2 is 1.73 bits per heavy atom. The van der Waals surface area contributed by atoms with Crippen LogP contribution >= 0.6 is 11.6 Å². The van der Waals surface area contributed by atoms with Gasteiger partial charge in [-0.2, -0.15) is 18.2 Å². The van der Waals surface area contributed by atoms with Crippen LogP contribution < -0.4 is 15.4 Å². The van der Waals surface area contributed by atoms with E-state index in [-0.39, 0.29) is 5.91 Å². The van der Waals surface area contributed by atoms with Crippen LogP contribution in [0.15, 0.2) is 36.4 Å². The molecule has 11 heteroatoms. The third-order valence-electron chi connectivity index (χ3n) is 4.46. The number of aliphatic carboxylic acids is 1. The maximum atomic E-state index is 13.2. The minimum atomic E-state index is -5.08. The smallest absolute Gasteiger partial charge is 0.475 e. The second kappa shape index (κ2) is 8.78. The Balaban J connectivity index is 0.000000396. The number of nitrogens with zero attached hydrogens (tertiary/aromatic N) is 2. The maximum Gasteiger partial charge on any atom is 0.490 e. The first-order chi connectivity index (χ1) is 13.9. The van der Waals surface area contributed by atoms with Gasteiger partial charge in [0, 0.05) is 10.7 Å². The van der Waals surface area contributed by atoms with Gasteiger partial charge in [0.15, 0.2) is 5.60 Å². The Morgan fingerprint density at radius 1 is 1.20 bits per heavy atom. The van der Waals surface area contributed by atoms with E-state index in [1.54, 1.807) is 29.2 Å². The summed E-state index contributed by atoms with van der Waals surface area (Å²) in [4.78, 5) is 27.9. The molecule has 1 aliphatic rings. The van der Waals surface area contributed by atoms with Gasteiger partial charge >= 0.3 is 12.1 Å². The number of rotatable bonds is 3. The highest BCUT2D eigenvalue weighted by Gasteiger charge is 2.47. The molecule has 1 aromatic carbocycles. The molecule has 162 valence electrons. The summed E-state index contributed by atoms with van der Waals surface area (Å²) in [7, 11) is 0. The summed E-state index contributed by atoms with van der Waals surface area (Å²) in [6.45, 7) is 3.86. The Kier molecular flexibility index (Phi) is 6.81. The summed E-state index contributed by atoms with van der Waals surface area (Å²) in [6.07, 6.45) is -4.00. The van der Waals surface area contributed by atoms with Crippen molar-refractivity contribution >= 4 is 40.7 Å². The number of nitrogen functional groups attached to an aromatic ring is 1. The van der Waals surface area contributed by atoms with Crippen molar-refractivity contribution in [3.63, 3.8) is 0 Å². The zero-order chi connectivity index (χ0) is 22.7. The molecule has 2 heterocycles. The molecule has 0 aliphatic carbocycles. The Morgan fingerprint density at radius 3 is 2.20 bits per heavy atom. The number of amides is 1. The van der Waals surface area contributed by atoms with Crippen LogP contribution in [0.3, 0.4) is 0 Å². The molecule has 0 fully saturated rings. The van der Waals surface area contributed by atoms with Crippen molar-refractivity contribution in [1.82, 2.24) is 4.98 Å². The fraction of sp³-hybridized carbons (Fsp3) is 0.316. The number of pyridine rings is 1. The van der Waals surface area contributed by atoms with Crippen LogP contribution in [0, 0.1) is 0 Å². The molecule has 3 N–H and O–H groups in total. The van der Waals surface area contributed by atoms with E-state index in [1.807, 2.05) is 26.0 Å². The van der Waals surface area contributed by atoms with Crippen LogP contribution in [0.2, 0.25) is 5.02 Å². The van der Waals surface area contributed by atoms with Crippen molar-refractivity contribution in [2.45, 2.75) is 38.5 Å². The lowest BCUT2D eigenvalue weighted by Gasteiger charge is -2.41. The second-order valence-corrected chi connectivity index (χ2v) is 6.72. The lowest BCUT2D eigenvalue weighted by Crippen LogP contribution is -2.54. The van der Waals surface area contributed by atoms with Crippen molar-refractivity contribution in [3.05, 3.63) is 41.4 Å². The Hall–Kier alpha value is -3.01. The van der Waals surface area contributed by atoms with Crippen molar-refractivity contribution in [1.29, 1.82) is 0 Å². The van der Waals surface area contributed by atoms with Crippen molar-refractivity contribution in [3.8, 4) is 5.88 Å². The molecular formula is C19H19ClF3N3O4. The number of carboxylic acid groups (broad SMARTS) is 1. The quantitative estimate of drug-likeness (QED) is 0.717. The lowest BCUT2D eigenvalue weighted by atomic mass is 9.93. The largest absolute Gasteiger partial charge is 0.490 e. The number of halogens is 4. The first-order valence-corrected chi connectivity index (χ1v) is 9.18. The zero-order valence-corrected chi connectivity index (χ0v) is 16.8. The molecule has 1 amide bonds. The maximum absolute atomic E-state index is 13.2. The number of aromatic nitrogens is 1. The lowest BCUT2D eigenvalue weighted by molar-refractivity contribution is -0.192. The van der Waals surface area contributed by atoms with Gasteiger partial charge in [0.05, 0.1) is 0 Å². The summed E-state index contributed by atoms with van der Waals surface area (Å²) in [5, 5.41) is 7.74. The highest BCUT2D eigenvalue weighted by atomic mass is 35.5. The molecule has 7 nitrogen and oxygen atoms in total. The summed E-state index contributed by atoms with van der Waals surface area (Å²) in [5.74, 6) is -2.13. The predicted molar refractivity (Wildman–Crippen MR) is 105 cm³/mol. The molecule has 1 aromatic heterocycles. The molecule has 0 radical (unpaired) electrons. The number of carbonyl (C=O) groups is 2. The van der Waals surface area contributed by atoms with Crippen LogP contribution in [0.1, 0.15) is 26.7 Å². The monoisotopic (exact) mass is 445 g/mol. The normalized spacial score (nSPS) is 14.9. The highest BCUT2D eigenvalue weighted by Crippen LogP contribution is 2.43. The molecule has 1 aliphatic heterocycles. The summed E-state index contributed by atoms with van der Waals surface area (Å²) >= 11 is 5.96. The van der Waals surface area contributed by atoms with Gasteiger partial charge in [-0.25, -0.2) is 4.79 Å². The number of anilines is 3. The number of carboxylic acids is 1. The van der Waals surface area contributed by atoms with Crippen molar-refractivity contribution < 1.29 is 32.6 Å². The molecule has 0 saturated carbocycles. The number of nitrogens with two attached hydrogens (primary N) is 1. The molecule has 0 unspecified atom stereocenters. The molecule has 2 aromatic rings. The van der Waals surface area contributed by atoms with Gasteiger partial charge in [0.25, 0.3) is 5.91 Å². The standard InChI is InChI=1S/C17H18ClN3O2.C2HF3O2/c1-3-17(4-2)16(22)21(12-7-5-11(18)6-8-12)13-9-10-14(19)20-15(13)23-17;3-2(4,5)1(6)7/h5-10H,3-4H2,1-2H3,(H2,19,20);(H,6,7). The summed E-state index contributed by atoms with van der Waals surface area (Å²) < 4.78 is 37.7. The van der Waals surface area contributed by atoms with E-state index in [4.69, 9.17) is 32.0 Å². The fourth-order valence-electron chi connectivity index (χ4n) is 2.78. The number of benzene rings is 1. The van der Waals surface area contributed by atoms with E-state index in [2.05, 4.69) is 4.98 Å². The Labute approximate surface area is 175 Å². The molecule has 30 heavy (non-hydrogen) atoms. The van der Waals surface area contributed by atoms with E-state index in [0.717, 1.165) is 5.69 Å². The van der Waals surface area contributed by atoms with Crippen LogP contribution in [0.25, 0.3) is 0 Å². The number of hydrogen-bond donors (Lipinski definition) is 2. The second-order valence-electron chi connectivity index (χ2n) is 6.28. The number of ether oxygens (including phenoxy) is 1. The van der Waals surface area contributed by atoms with Gasteiger partial charge in [-0.1, -0.05) is 25.4 Å². The molecule has 0 spiro atoms. The summed E-state index contributed by atoms with van der Waals surface area (Å²) in [5.41, 5.74) is 6.15. The van der Waals surface area contributed by atoms with Gasteiger partial charge in [-0.05, 0) is 49.2 Å². The van der Waals surface area contributed by atoms with Gasteiger partial charge in [-0.3, -0.25) is 9.69 Å². The first-order valence-electron chi connectivity index (χ1n) is 8.81. The minimum absolute atomic E-state index is 0.108. The molecule has 0 bridgehead atoms. The van der Waals surface area contributed by atoms with Crippen molar-refractivity contribution in [2.75, 3.05) is 10.6 Å². The van der Waals surface area contributed by atoms with E-state index in [9.17, 15) is 18.0 Å². The highest BCUT2D eigenvalue weighted by molar-refractivity contribution is 6.30. The third kappa shape index (κ3) is 4.76. The Bertz CT molecular complexity index is 932. The van der Waals surface area contributed by atoms with Crippen LogP contribution in [0.4, 0.5) is 30.4 Å². The first kappa shape index (κ1) is 23.3. The minimum Gasteiger partial charge on any atom is -0.475 e. The molecule has 3 rings (SSSR count). The predicted octanol–water partition coefficient (Wildman–Crippen LogP) is 4.57. The zero-order valence-electron chi connectivity index (χ0n) is 16.0. The van der Waals surface area contributed by atoms with Crippen LogP contribution in [-0.2, 0) is 9.59 Å². The van der Waals surface area contributed by atoms with Gasteiger partial charge in [-0.15, -0.1) is 0 Å². The number of carbonyl (C=O) groups excluding carboxylic acids is 1. The van der Waals surface area contributed by atoms with E-state index in [1.165, 1.54) is 0 Å². The van der Waals surface area contributed by atoms with E-state index >= 15 is 0 Å². The van der Waals surface area contributed by atoms with Gasteiger partial charge in [0.1, 0.15) is 11.5 Å². The van der Waals surface area contributed by atoms with E-state index in [0.29, 0.717) is 35.2 Å².